The largest absolute Gasteiger partial charge is 0.459 e. The topological polar surface area (TPSA) is 87.7 Å². The molecule has 0 radical (unpaired) electrons. The molecule has 3 aromatic rings. The van der Waals surface area contributed by atoms with Crippen LogP contribution in [0.15, 0.2) is 47.3 Å². The first kappa shape index (κ1) is 19.8. The number of amides is 2. The third-order valence-electron chi connectivity index (χ3n) is 5.95. The van der Waals surface area contributed by atoms with Gasteiger partial charge in [0.05, 0.1) is 6.26 Å². The van der Waals surface area contributed by atoms with Crippen LogP contribution in [0.3, 0.4) is 0 Å². The highest BCUT2D eigenvalue weighted by Gasteiger charge is 2.32. The average Bonchev–Trinajstić information content (AvgIpc) is 3.60. The number of carbonyl (C=O) groups excluding carboxylic acids is 2. The zero-order chi connectivity index (χ0) is 21.2. The number of piperidine rings is 1. The molecule has 0 N–H and O–H groups in total. The van der Waals surface area contributed by atoms with Crippen LogP contribution in [-0.2, 0) is 4.79 Å². The zero-order valence-electron chi connectivity index (χ0n) is 17.1. The Hall–Kier alpha value is -3.14. The normalized spacial score (nSPS) is 17.9. The molecule has 2 fully saturated rings. The Balaban J connectivity index is 1.12. The summed E-state index contributed by atoms with van der Waals surface area (Å²) in [6.45, 7) is 3.82. The molecule has 0 aromatic carbocycles. The van der Waals surface area contributed by atoms with Crippen LogP contribution < -0.4 is 4.90 Å². The van der Waals surface area contributed by atoms with E-state index in [1.54, 1.807) is 28.4 Å². The van der Waals surface area contributed by atoms with E-state index in [-0.39, 0.29) is 17.7 Å². The molecule has 0 bridgehead atoms. The molecule has 162 valence electrons. The molecule has 5 rings (SSSR count). The maximum atomic E-state index is 13.0. The number of anilines is 1. The van der Waals surface area contributed by atoms with Gasteiger partial charge in [-0.2, -0.15) is 0 Å². The molecule has 2 amide bonds. The molecule has 0 unspecified atom stereocenters. The van der Waals surface area contributed by atoms with Crippen LogP contribution in [0.25, 0.3) is 5.13 Å². The van der Waals surface area contributed by atoms with Gasteiger partial charge < -0.3 is 19.1 Å². The van der Waals surface area contributed by atoms with Gasteiger partial charge in [-0.25, -0.2) is 0 Å². The molecule has 2 saturated heterocycles. The fourth-order valence-electron chi connectivity index (χ4n) is 4.16. The predicted molar refractivity (Wildman–Crippen MR) is 115 cm³/mol. The Bertz CT molecular complexity index is 1020. The van der Waals surface area contributed by atoms with Gasteiger partial charge >= 0.3 is 0 Å². The molecule has 0 atom stereocenters. The maximum Gasteiger partial charge on any atom is 0.289 e. The van der Waals surface area contributed by atoms with Crippen LogP contribution in [0, 0.1) is 5.92 Å². The lowest BCUT2D eigenvalue weighted by molar-refractivity contribution is -0.137. The lowest BCUT2D eigenvalue weighted by atomic mass is 9.95. The second kappa shape index (κ2) is 8.54. The Morgan fingerprint density at radius 3 is 2.26 bits per heavy atom. The van der Waals surface area contributed by atoms with E-state index < -0.39 is 0 Å². The van der Waals surface area contributed by atoms with E-state index >= 15 is 0 Å². The van der Waals surface area contributed by atoms with E-state index in [1.165, 1.54) is 6.26 Å². The van der Waals surface area contributed by atoms with Crippen molar-refractivity contribution >= 4 is 28.3 Å². The molecule has 3 aromatic heterocycles. The second-order valence-corrected chi connectivity index (χ2v) is 8.75. The van der Waals surface area contributed by atoms with Crippen molar-refractivity contribution < 1.29 is 14.0 Å². The van der Waals surface area contributed by atoms with Crippen molar-refractivity contribution in [2.75, 3.05) is 44.2 Å². The smallest absolute Gasteiger partial charge is 0.289 e. The Kier molecular flexibility index (Phi) is 5.46. The Morgan fingerprint density at radius 1 is 0.903 bits per heavy atom. The number of furan rings is 1. The first-order valence-corrected chi connectivity index (χ1v) is 11.3. The average molecular weight is 441 g/mol. The summed E-state index contributed by atoms with van der Waals surface area (Å²) < 4.78 is 7.15. The second-order valence-electron chi connectivity index (χ2n) is 7.81. The van der Waals surface area contributed by atoms with Crippen molar-refractivity contribution in [1.29, 1.82) is 0 Å². The lowest BCUT2D eigenvalue weighted by Crippen LogP contribution is -2.53. The number of carbonyl (C=O) groups is 2. The number of rotatable bonds is 4. The van der Waals surface area contributed by atoms with Crippen LogP contribution in [0.5, 0.6) is 0 Å². The number of nitrogens with zero attached hydrogens (tertiary/aromatic N) is 6. The summed E-state index contributed by atoms with van der Waals surface area (Å²) >= 11 is 1.56. The molecule has 2 aliphatic heterocycles. The van der Waals surface area contributed by atoms with Crippen LogP contribution in [0.1, 0.15) is 23.4 Å². The molecule has 0 aliphatic carbocycles. The third-order valence-corrected chi connectivity index (χ3v) is 6.95. The first-order chi connectivity index (χ1) is 15.2. The fraction of sp³-hybridized carbons (Fsp3) is 0.429. The van der Waals surface area contributed by atoms with Gasteiger partial charge in [-0.15, -0.1) is 10.2 Å². The van der Waals surface area contributed by atoms with Crippen LogP contribution >= 0.6 is 11.3 Å². The van der Waals surface area contributed by atoms with E-state index in [0.717, 1.165) is 36.2 Å². The van der Waals surface area contributed by atoms with Crippen molar-refractivity contribution in [2.45, 2.75) is 12.8 Å². The lowest BCUT2D eigenvalue weighted by Gasteiger charge is -2.38. The summed E-state index contributed by atoms with van der Waals surface area (Å²) in [5.74, 6) is 0.473. The molecule has 9 nitrogen and oxygen atoms in total. The molecule has 5 heterocycles. The van der Waals surface area contributed by atoms with E-state index in [0.29, 0.717) is 31.9 Å². The number of aromatic nitrogens is 3. The maximum absolute atomic E-state index is 13.0. The van der Waals surface area contributed by atoms with E-state index in [9.17, 15) is 9.59 Å². The van der Waals surface area contributed by atoms with Crippen molar-refractivity contribution in [3.63, 3.8) is 0 Å². The van der Waals surface area contributed by atoms with Gasteiger partial charge in [0, 0.05) is 57.6 Å². The predicted octanol–water partition coefficient (Wildman–Crippen LogP) is 2.12. The van der Waals surface area contributed by atoms with E-state index in [4.69, 9.17) is 4.42 Å². The quantitative estimate of drug-likeness (QED) is 0.618. The number of hydrogen-bond acceptors (Lipinski definition) is 7. The highest BCUT2D eigenvalue weighted by atomic mass is 32.1. The minimum Gasteiger partial charge on any atom is -0.459 e. The first-order valence-electron chi connectivity index (χ1n) is 10.5. The summed E-state index contributed by atoms with van der Waals surface area (Å²) in [7, 11) is 0. The molecule has 10 heteroatoms. The zero-order valence-corrected chi connectivity index (χ0v) is 17.9. The summed E-state index contributed by atoms with van der Waals surface area (Å²) in [6.07, 6.45) is 7.03. The highest BCUT2D eigenvalue weighted by Crippen LogP contribution is 2.28. The Morgan fingerprint density at radius 2 is 1.58 bits per heavy atom. The summed E-state index contributed by atoms with van der Waals surface area (Å²) in [5, 5.41) is 10.4. The van der Waals surface area contributed by atoms with Gasteiger partial charge in [0.25, 0.3) is 5.91 Å². The summed E-state index contributed by atoms with van der Waals surface area (Å²) in [4.78, 5) is 31.3. The van der Waals surface area contributed by atoms with Gasteiger partial charge in [-0.05, 0) is 37.1 Å². The molecule has 31 heavy (non-hydrogen) atoms. The third kappa shape index (κ3) is 4.07. The number of hydrogen-bond donors (Lipinski definition) is 0. The van der Waals surface area contributed by atoms with E-state index in [2.05, 4.69) is 15.1 Å². The standard InChI is InChI=1S/C21H24N6O3S/c28-18(24-11-13-25(14-12-24)19(29)17-4-3-15-30-17)16-5-9-27(10-6-16)21-23-22-20(31-21)26-7-1-2-8-26/h1-4,7-8,15-16H,5-6,9-14H2. The monoisotopic (exact) mass is 440 g/mol. The van der Waals surface area contributed by atoms with Gasteiger partial charge in [0.1, 0.15) is 0 Å². The van der Waals surface area contributed by atoms with Crippen LogP contribution in [-0.4, -0.2) is 75.6 Å². The van der Waals surface area contributed by atoms with Crippen LogP contribution in [0.4, 0.5) is 5.13 Å². The minimum atomic E-state index is -0.109. The summed E-state index contributed by atoms with van der Waals surface area (Å²) in [6, 6.07) is 7.31. The molecule has 2 aliphatic rings. The van der Waals surface area contributed by atoms with Gasteiger partial charge in [-0.3, -0.25) is 14.2 Å². The van der Waals surface area contributed by atoms with Gasteiger partial charge in [0.15, 0.2) is 5.76 Å². The molecule has 0 saturated carbocycles. The van der Waals surface area contributed by atoms with Crippen molar-refractivity contribution in [2.24, 2.45) is 5.92 Å². The molecular weight excluding hydrogens is 416 g/mol. The number of piperazine rings is 1. The molecular formula is C21H24N6O3S. The van der Waals surface area contributed by atoms with Crippen molar-refractivity contribution in [1.82, 2.24) is 24.6 Å². The minimum absolute atomic E-state index is 0.0282. The van der Waals surface area contributed by atoms with Crippen molar-refractivity contribution in [3.8, 4) is 5.13 Å². The van der Waals surface area contributed by atoms with Crippen molar-refractivity contribution in [3.05, 3.63) is 48.7 Å². The summed E-state index contributed by atoms with van der Waals surface area (Å²) in [5.41, 5.74) is 0. The highest BCUT2D eigenvalue weighted by molar-refractivity contribution is 7.17. The Labute approximate surface area is 183 Å². The van der Waals surface area contributed by atoms with Gasteiger partial charge in [-0.1, -0.05) is 11.3 Å². The van der Waals surface area contributed by atoms with Gasteiger partial charge in [0.2, 0.25) is 16.2 Å². The fourth-order valence-corrected chi connectivity index (χ4v) is 5.03. The van der Waals surface area contributed by atoms with E-state index in [1.807, 2.05) is 34.0 Å². The van der Waals surface area contributed by atoms with Crippen LogP contribution in [0.2, 0.25) is 0 Å². The molecule has 0 spiro atoms. The SMILES string of the molecule is O=C(c1ccco1)N1CCN(C(=O)C2CCN(c3nnc(-n4cccc4)s3)CC2)CC1.